The fourth-order valence-electron chi connectivity index (χ4n) is 3.17. The van der Waals surface area contributed by atoms with Crippen molar-refractivity contribution in [3.8, 4) is 17.3 Å². The normalized spacial score (nSPS) is 15.9. The first kappa shape index (κ1) is 18.8. The Morgan fingerprint density at radius 3 is 2.72 bits per heavy atom. The number of hydrogen-bond acceptors (Lipinski definition) is 5. The molecule has 1 atom stereocenters. The van der Waals surface area contributed by atoms with Crippen LogP contribution in [0.2, 0.25) is 0 Å². The van der Waals surface area contributed by atoms with Crippen molar-refractivity contribution in [1.82, 2.24) is 4.98 Å². The van der Waals surface area contributed by atoms with Crippen LogP contribution in [0.1, 0.15) is 12.0 Å². The minimum atomic E-state index is -0.579. The lowest BCUT2D eigenvalue weighted by Gasteiger charge is -2.17. The number of halogens is 1. The van der Waals surface area contributed by atoms with Gasteiger partial charge in [-0.15, -0.1) is 11.3 Å². The monoisotopic (exact) mass is 406 g/mol. The van der Waals surface area contributed by atoms with Gasteiger partial charge in [0.2, 0.25) is 11.8 Å². The predicted molar refractivity (Wildman–Crippen MR) is 108 cm³/mol. The lowest BCUT2D eigenvalue weighted by Crippen LogP contribution is -2.28. The zero-order chi connectivity index (χ0) is 20.4. The fourth-order valence-corrected chi connectivity index (χ4v) is 3.90. The number of benzene rings is 2. The summed E-state index contributed by atoms with van der Waals surface area (Å²) in [4.78, 5) is 30.6. The van der Waals surface area contributed by atoms with E-state index in [0.717, 1.165) is 5.56 Å². The topological polar surface area (TPSA) is 86.1 Å². The molecule has 0 spiro atoms. The number of amides is 2. The van der Waals surface area contributed by atoms with Gasteiger partial charge in [-0.1, -0.05) is 24.3 Å². The molecule has 1 aromatic heterocycles. The Balaban J connectivity index is 1.44. The molecule has 1 fully saturated rings. The van der Waals surface area contributed by atoms with Crippen LogP contribution >= 0.6 is 11.3 Å². The maximum Gasteiger partial charge on any atom is 0.231 e. The molecular weight excluding hydrogens is 391 g/mol. The molecule has 0 saturated carbocycles. The van der Waals surface area contributed by atoms with E-state index in [2.05, 4.69) is 16.4 Å². The first-order valence-electron chi connectivity index (χ1n) is 8.87. The van der Waals surface area contributed by atoms with Gasteiger partial charge < -0.3 is 10.2 Å². The highest BCUT2D eigenvalue weighted by Crippen LogP contribution is 2.29. The smallest absolute Gasteiger partial charge is 0.231 e. The van der Waals surface area contributed by atoms with Crippen molar-refractivity contribution in [2.24, 2.45) is 5.92 Å². The molecule has 0 radical (unpaired) electrons. The molecule has 0 unspecified atom stereocenters. The Kier molecular flexibility index (Phi) is 5.06. The average molecular weight is 406 g/mol. The van der Waals surface area contributed by atoms with E-state index >= 15 is 0 Å². The van der Waals surface area contributed by atoms with Gasteiger partial charge in [-0.05, 0) is 24.3 Å². The van der Waals surface area contributed by atoms with Gasteiger partial charge >= 0.3 is 0 Å². The van der Waals surface area contributed by atoms with E-state index < -0.39 is 11.7 Å². The van der Waals surface area contributed by atoms with Crippen LogP contribution in [0.5, 0.6) is 0 Å². The number of aromatic nitrogens is 1. The van der Waals surface area contributed by atoms with Gasteiger partial charge in [-0.2, -0.15) is 5.26 Å². The Bertz CT molecular complexity index is 1120. The number of para-hydroxylation sites is 1. The summed E-state index contributed by atoms with van der Waals surface area (Å²) >= 11 is 1.28. The fraction of sp³-hybridized carbons (Fsp3) is 0.143. The van der Waals surface area contributed by atoms with Crippen molar-refractivity contribution >= 4 is 34.0 Å². The van der Waals surface area contributed by atoms with Gasteiger partial charge in [0, 0.05) is 23.9 Å². The molecule has 1 saturated heterocycles. The Labute approximate surface area is 170 Å². The number of rotatable bonds is 4. The highest BCUT2D eigenvalue weighted by Gasteiger charge is 2.36. The molecule has 2 aromatic carbocycles. The summed E-state index contributed by atoms with van der Waals surface area (Å²) in [7, 11) is 0. The number of carbonyl (C=O) groups is 2. The van der Waals surface area contributed by atoms with Gasteiger partial charge in [-0.25, -0.2) is 9.37 Å². The highest BCUT2D eigenvalue weighted by atomic mass is 32.1. The molecule has 1 aliphatic rings. The summed E-state index contributed by atoms with van der Waals surface area (Å²) in [6.07, 6.45) is 0.0218. The molecule has 3 aromatic rings. The number of nitrogens with one attached hydrogen (secondary N) is 1. The van der Waals surface area contributed by atoms with Crippen molar-refractivity contribution in [2.75, 3.05) is 16.8 Å². The van der Waals surface area contributed by atoms with Gasteiger partial charge in [0.15, 0.2) is 5.13 Å². The second-order valence-electron chi connectivity index (χ2n) is 6.57. The molecule has 1 aliphatic heterocycles. The van der Waals surface area contributed by atoms with Gasteiger partial charge in [0.1, 0.15) is 5.82 Å². The van der Waals surface area contributed by atoms with Crippen LogP contribution in [0, 0.1) is 23.1 Å². The third-order valence-electron chi connectivity index (χ3n) is 4.68. The zero-order valence-electron chi connectivity index (χ0n) is 15.1. The van der Waals surface area contributed by atoms with Crippen molar-refractivity contribution in [2.45, 2.75) is 6.42 Å². The third kappa shape index (κ3) is 3.86. The summed E-state index contributed by atoms with van der Waals surface area (Å²) in [5.41, 5.74) is 2.26. The molecule has 1 N–H and O–H groups in total. The molecule has 0 bridgehead atoms. The summed E-state index contributed by atoms with van der Waals surface area (Å²) in [5.74, 6) is -1.68. The van der Waals surface area contributed by atoms with Crippen molar-refractivity contribution in [3.05, 3.63) is 65.3 Å². The first-order valence-corrected chi connectivity index (χ1v) is 9.75. The number of hydrogen-bond donors (Lipinski definition) is 1. The zero-order valence-corrected chi connectivity index (χ0v) is 15.9. The lowest BCUT2D eigenvalue weighted by molar-refractivity contribution is -0.122. The molecule has 29 heavy (non-hydrogen) atoms. The SMILES string of the molecule is N#Cc1ccc(-c2csc(NC(=O)[C@H]3CC(=O)N(c4ccccc4F)C3)n2)cc1. The minimum Gasteiger partial charge on any atom is -0.309 e. The van der Waals surface area contributed by atoms with E-state index in [4.69, 9.17) is 5.26 Å². The van der Waals surface area contributed by atoms with E-state index in [1.54, 1.807) is 36.4 Å². The number of nitrogens with zero attached hydrogens (tertiary/aromatic N) is 3. The average Bonchev–Trinajstić information content (AvgIpc) is 3.35. The highest BCUT2D eigenvalue weighted by molar-refractivity contribution is 7.14. The maximum atomic E-state index is 14.0. The van der Waals surface area contributed by atoms with Crippen LogP contribution in [-0.2, 0) is 9.59 Å². The number of carbonyl (C=O) groups excluding carboxylic acids is 2. The van der Waals surface area contributed by atoms with E-state index in [0.29, 0.717) is 16.4 Å². The lowest BCUT2D eigenvalue weighted by atomic mass is 10.1. The molecule has 2 heterocycles. The van der Waals surface area contributed by atoms with Crippen LogP contribution in [0.25, 0.3) is 11.3 Å². The molecule has 8 heteroatoms. The molecular formula is C21H15FN4O2S. The second-order valence-corrected chi connectivity index (χ2v) is 7.43. The van der Waals surface area contributed by atoms with Crippen LogP contribution in [0.4, 0.5) is 15.2 Å². The maximum absolute atomic E-state index is 14.0. The summed E-state index contributed by atoms with van der Waals surface area (Å²) < 4.78 is 14.0. The number of anilines is 2. The van der Waals surface area contributed by atoms with Gasteiger partial charge in [0.05, 0.1) is 28.9 Å². The molecule has 4 rings (SSSR count). The van der Waals surface area contributed by atoms with Crippen molar-refractivity contribution in [3.63, 3.8) is 0 Å². The van der Waals surface area contributed by atoms with Crippen molar-refractivity contribution in [1.29, 1.82) is 5.26 Å². The Morgan fingerprint density at radius 1 is 1.24 bits per heavy atom. The van der Waals surface area contributed by atoms with Crippen LogP contribution in [-0.4, -0.2) is 23.3 Å². The summed E-state index contributed by atoms with van der Waals surface area (Å²) in [5, 5.41) is 13.8. The summed E-state index contributed by atoms with van der Waals surface area (Å²) in [6.45, 7) is 0.124. The molecule has 144 valence electrons. The Morgan fingerprint density at radius 2 is 2.00 bits per heavy atom. The van der Waals surface area contributed by atoms with E-state index in [1.807, 2.05) is 5.38 Å². The predicted octanol–water partition coefficient (Wildman–Crippen LogP) is 3.81. The second kappa shape index (κ2) is 7.81. The number of nitriles is 1. The molecule has 0 aliphatic carbocycles. The minimum absolute atomic E-state index is 0.0218. The van der Waals surface area contributed by atoms with E-state index in [9.17, 15) is 14.0 Å². The molecule has 2 amide bonds. The largest absolute Gasteiger partial charge is 0.309 e. The standard InChI is InChI=1S/C21H15FN4O2S/c22-16-3-1-2-4-18(16)26-11-15(9-19(26)27)20(28)25-21-24-17(12-29-21)14-7-5-13(10-23)6-8-14/h1-8,12,15H,9,11H2,(H,24,25,28)/t15-/m0/s1. The van der Waals surface area contributed by atoms with E-state index in [-0.39, 0.29) is 30.5 Å². The third-order valence-corrected chi connectivity index (χ3v) is 5.44. The van der Waals surface area contributed by atoms with Gasteiger partial charge in [0.25, 0.3) is 0 Å². The first-order chi connectivity index (χ1) is 14.0. The molecule has 6 nitrogen and oxygen atoms in total. The van der Waals surface area contributed by atoms with E-state index in [1.165, 1.54) is 28.4 Å². The van der Waals surface area contributed by atoms with Crippen LogP contribution in [0.3, 0.4) is 0 Å². The van der Waals surface area contributed by atoms with Crippen LogP contribution in [0.15, 0.2) is 53.9 Å². The number of thiazole rings is 1. The Hall–Kier alpha value is -3.57. The quantitative estimate of drug-likeness (QED) is 0.714. The summed E-state index contributed by atoms with van der Waals surface area (Å²) in [6, 6.07) is 15.1. The van der Waals surface area contributed by atoms with Crippen LogP contribution < -0.4 is 10.2 Å². The van der Waals surface area contributed by atoms with Gasteiger partial charge in [-0.3, -0.25) is 9.59 Å². The van der Waals surface area contributed by atoms with Crippen molar-refractivity contribution < 1.29 is 14.0 Å².